The molecule has 0 aliphatic rings. The van der Waals surface area contributed by atoms with Crippen LogP contribution in [0.4, 0.5) is 0 Å². The van der Waals surface area contributed by atoms with Gasteiger partial charge in [-0.25, -0.2) is 0 Å². The van der Waals surface area contributed by atoms with Crippen LogP contribution in [0.5, 0.6) is 0 Å². The van der Waals surface area contributed by atoms with E-state index in [2.05, 4.69) is 40.7 Å². The fraction of sp³-hybridized carbons (Fsp3) is 0.429. The van der Waals surface area contributed by atoms with E-state index in [1.54, 1.807) is 0 Å². The second-order valence-electron chi connectivity index (χ2n) is 4.48. The molecule has 2 rings (SSSR count). The quantitative estimate of drug-likeness (QED) is 0.876. The van der Waals surface area contributed by atoms with Gasteiger partial charge in [-0.05, 0) is 44.5 Å². The standard InChI is InChI=1S/C14H20N4/c1-4-18-10-12(8-17-18)7-14(15-3)13-6-5-11(2)16-9-13/h5-6,8-10,14-15H,4,7H2,1-3H3. The van der Waals surface area contributed by atoms with Crippen molar-refractivity contribution in [2.24, 2.45) is 0 Å². The van der Waals surface area contributed by atoms with Crippen LogP contribution >= 0.6 is 0 Å². The average Bonchev–Trinajstić information content (AvgIpc) is 2.85. The van der Waals surface area contributed by atoms with Gasteiger partial charge < -0.3 is 5.32 Å². The van der Waals surface area contributed by atoms with Gasteiger partial charge in [0.1, 0.15) is 0 Å². The summed E-state index contributed by atoms with van der Waals surface area (Å²) in [5, 5.41) is 7.64. The molecule has 1 N–H and O–H groups in total. The molecule has 0 fully saturated rings. The van der Waals surface area contributed by atoms with Crippen LogP contribution in [0.3, 0.4) is 0 Å². The number of aryl methyl sites for hydroxylation is 2. The van der Waals surface area contributed by atoms with Gasteiger partial charge in [0.05, 0.1) is 6.20 Å². The van der Waals surface area contributed by atoms with Gasteiger partial charge in [-0.2, -0.15) is 5.10 Å². The highest BCUT2D eigenvalue weighted by Crippen LogP contribution is 2.17. The van der Waals surface area contributed by atoms with Crippen molar-refractivity contribution in [1.29, 1.82) is 0 Å². The third-order valence-corrected chi connectivity index (χ3v) is 3.14. The maximum Gasteiger partial charge on any atom is 0.0522 e. The van der Waals surface area contributed by atoms with Gasteiger partial charge in [-0.15, -0.1) is 0 Å². The molecule has 2 aromatic rings. The Balaban J connectivity index is 2.11. The van der Waals surface area contributed by atoms with Crippen molar-refractivity contribution in [2.75, 3.05) is 7.05 Å². The SMILES string of the molecule is CCn1cc(CC(NC)c2ccc(C)nc2)cn1. The fourth-order valence-corrected chi connectivity index (χ4v) is 1.99. The van der Waals surface area contributed by atoms with Crippen LogP contribution in [0.1, 0.15) is 29.8 Å². The second kappa shape index (κ2) is 5.78. The summed E-state index contributed by atoms with van der Waals surface area (Å²) in [5.41, 5.74) is 3.51. The van der Waals surface area contributed by atoms with Gasteiger partial charge in [-0.1, -0.05) is 6.07 Å². The number of nitrogens with zero attached hydrogens (tertiary/aromatic N) is 3. The van der Waals surface area contributed by atoms with Crippen LogP contribution in [-0.4, -0.2) is 21.8 Å². The zero-order valence-electron chi connectivity index (χ0n) is 11.2. The van der Waals surface area contributed by atoms with E-state index in [0.717, 1.165) is 18.7 Å². The molecular weight excluding hydrogens is 224 g/mol. The highest BCUT2D eigenvalue weighted by Gasteiger charge is 2.11. The Morgan fingerprint density at radius 2 is 2.17 bits per heavy atom. The van der Waals surface area contributed by atoms with Crippen LogP contribution < -0.4 is 5.32 Å². The van der Waals surface area contributed by atoms with E-state index in [1.807, 2.05) is 31.0 Å². The third-order valence-electron chi connectivity index (χ3n) is 3.14. The van der Waals surface area contributed by atoms with Gasteiger partial charge in [0, 0.05) is 30.7 Å². The van der Waals surface area contributed by atoms with Crippen molar-refractivity contribution < 1.29 is 0 Å². The molecule has 18 heavy (non-hydrogen) atoms. The molecule has 0 aromatic carbocycles. The van der Waals surface area contributed by atoms with E-state index >= 15 is 0 Å². The molecule has 0 bridgehead atoms. The predicted octanol–water partition coefficient (Wildman–Crippen LogP) is 2.11. The van der Waals surface area contributed by atoms with Crippen LogP contribution in [0.2, 0.25) is 0 Å². The summed E-state index contributed by atoms with van der Waals surface area (Å²) in [6.07, 6.45) is 6.92. The number of pyridine rings is 1. The lowest BCUT2D eigenvalue weighted by molar-refractivity contribution is 0.588. The van der Waals surface area contributed by atoms with E-state index in [4.69, 9.17) is 0 Å². The van der Waals surface area contributed by atoms with Gasteiger partial charge in [-0.3, -0.25) is 9.67 Å². The number of likely N-dealkylation sites (N-methyl/N-ethyl adjacent to an activating group) is 1. The zero-order chi connectivity index (χ0) is 13.0. The first-order valence-electron chi connectivity index (χ1n) is 6.34. The highest BCUT2D eigenvalue weighted by atomic mass is 15.3. The molecule has 4 nitrogen and oxygen atoms in total. The highest BCUT2D eigenvalue weighted by molar-refractivity contribution is 5.20. The number of hydrogen-bond donors (Lipinski definition) is 1. The Morgan fingerprint density at radius 3 is 2.72 bits per heavy atom. The lowest BCUT2D eigenvalue weighted by Crippen LogP contribution is -2.18. The Morgan fingerprint density at radius 1 is 1.33 bits per heavy atom. The Kier molecular flexibility index (Phi) is 4.10. The lowest BCUT2D eigenvalue weighted by atomic mass is 10.0. The summed E-state index contributed by atoms with van der Waals surface area (Å²) >= 11 is 0. The molecule has 0 saturated heterocycles. The second-order valence-corrected chi connectivity index (χ2v) is 4.48. The summed E-state index contributed by atoms with van der Waals surface area (Å²) in [4.78, 5) is 4.35. The van der Waals surface area contributed by atoms with Gasteiger partial charge >= 0.3 is 0 Å². The van der Waals surface area contributed by atoms with Crippen molar-refractivity contribution in [1.82, 2.24) is 20.1 Å². The monoisotopic (exact) mass is 244 g/mol. The third kappa shape index (κ3) is 2.96. The molecule has 96 valence electrons. The van der Waals surface area contributed by atoms with Crippen molar-refractivity contribution in [3.8, 4) is 0 Å². The summed E-state index contributed by atoms with van der Waals surface area (Å²) in [6.45, 7) is 5.01. The fourth-order valence-electron chi connectivity index (χ4n) is 1.99. The van der Waals surface area contributed by atoms with Crippen LogP contribution in [0.25, 0.3) is 0 Å². The normalized spacial score (nSPS) is 12.6. The average molecular weight is 244 g/mol. The van der Waals surface area contributed by atoms with E-state index in [1.165, 1.54) is 11.1 Å². The first kappa shape index (κ1) is 12.8. The molecule has 2 heterocycles. The number of rotatable bonds is 5. The maximum absolute atomic E-state index is 4.35. The van der Waals surface area contributed by atoms with Crippen LogP contribution in [0, 0.1) is 6.92 Å². The molecule has 1 atom stereocenters. The topological polar surface area (TPSA) is 42.7 Å². The number of nitrogens with one attached hydrogen (secondary N) is 1. The molecule has 4 heteroatoms. The molecule has 2 aromatic heterocycles. The van der Waals surface area contributed by atoms with Crippen molar-refractivity contribution >= 4 is 0 Å². The smallest absolute Gasteiger partial charge is 0.0522 e. The Bertz CT molecular complexity index is 487. The predicted molar refractivity (Wildman–Crippen MR) is 72.4 cm³/mol. The molecule has 0 aliphatic heterocycles. The van der Waals surface area contributed by atoms with Gasteiger partial charge in [0.2, 0.25) is 0 Å². The van der Waals surface area contributed by atoms with Crippen molar-refractivity contribution in [3.63, 3.8) is 0 Å². The first-order chi connectivity index (χ1) is 8.72. The molecule has 0 aliphatic carbocycles. The minimum absolute atomic E-state index is 0.285. The molecule has 1 unspecified atom stereocenters. The lowest BCUT2D eigenvalue weighted by Gasteiger charge is -2.15. The first-order valence-corrected chi connectivity index (χ1v) is 6.34. The summed E-state index contributed by atoms with van der Waals surface area (Å²) < 4.78 is 1.95. The van der Waals surface area contributed by atoms with E-state index < -0.39 is 0 Å². The molecule has 0 amide bonds. The van der Waals surface area contributed by atoms with E-state index in [-0.39, 0.29) is 6.04 Å². The van der Waals surface area contributed by atoms with Crippen molar-refractivity contribution in [3.05, 3.63) is 47.5 Å². The minimum atomic E-state index is 0.285. The minimum Gasteiger partial charge on any atom is -0.313 e. The Hall–Kier alpha value is -1.68. The van der Waals surface area contributed by atoms with Crippen molar-refractivity contribution in [2.45, 2.75) is 32.9 Å². The summed E-state index contributed by atoms with van der Waals surface area (Å²) in [7, 11) is 1.98. The van der Waals surface area contributed by atoms with Gasteiger partial charge in [0.25, 0.3) is 0 Å². The van der Waals surface area contributed by atoms with E-state index in [9.17, 15) is 0 Å². The number of aromatic nitrogens is 3. The molecule has 0 radical (unpaired) electrons. The zero-order valence-corrected chi connectivity index (χ0v) is 11.2. The van der Waals surface area contributed by atoms with Crippen LogP contribution in [-0.2, 0) is 13.0 Å². The summed E-state index contributed by atoms with van der Waals surface area (Å²) in [5.74, 6) is 0. The summed E-state index contributed by atoms with van der Waals surface area (Å²) in [6, 6.07) is 4.47. The molecule has 0 saturated carbocycles. The molecular formula is C14H20N4. The van der Waals surface area contributed by atoms with E-state index in [0.29, 0.717) is 0 Å². The maximum atomic E-state index is 4.35. The Labute approximate surface area is 108 Å². The number of hydrogen-bond acceptors (Lipinski definition) is 3. The van der Waals surface area contributed by atoms with Gasteiger partial charge in [0.15, 0.2) is 0 Å². The molecule has 0 spiro atoms. The largest absolute Gasteiger partial charge is 0.313 e. The van der Waals surface area contributed by atoms with Crippen LogP contribution in [0.15, 0.2) is 30.7 Å².